The number of hydrogen-bond donors (Lipinski definition) is 2. The molecule has 0 radical (unpaired) electrons. The molecule has 3 rings (SSSR count). The first-order valence-electron chi connectivity index (χ1n) is 9.88. The summed E-state index contributed by atoms with van der Waals surface area (Å²) >= 11 is 7.39. The number of benzene rings is 1. The Labute approximate surface area is 185 Å². The molecule has 1 fully saturated rings. The van der Waals surface area contributed by atoms with Gasteiger partial charge in [0.1, 0.15) is 0 Å². The van der Waals surface area contributed by atoms with Crippen LogP contribution in [-0.4, -0.2) is 61.9 Å². The van der Waals surface area contributed by atoms with Crippen molar-refractivity contribution in [3.8, 4) is 0 Å². The van der Waals surface area contributed by atoms with Crippen molar-refractivity contribution in [2.45, 2.75) is 12.8 Å². The number of piperazine rings is 1. The van der Waals surface area contributed by atoms with Gasteiger partial charge in [-0.2, -0.15) is 11.3 Å². The summed E-state index contributed by atoms with van der Waals surface area (Å²) in [7, 11) is 0. The predicted molar refractivity (Wildman–Crippen MR) is 119 cm³/mol. The number of carbonyl (C=O) groups is 3. The summed E-state index contributed by atoms with van der Waals surface area (Å²) in [4.78, 5) is 40.1. The normalized spacial score (nSPS) is 13.8. The largest absolute Gasteiger partial charge is 0.368 e. The molecule has 30 heavy (non-hydrogen) atoms. The number of nitrogens with zero attached hydrogens (tertiary/aromatic N) is 2. The zero-order valence-electron chi connectivity index (χ0n) is 16.6. The van der Waals surface area contributed by atoms with Gasteiger partial charge in [0.05, 0.1) is 6.54 Å². The van der Waals surface area contributed by atoms with Crippen molar-refractivity contribution in [1.29, 1.82) is 0 Å². The summed E-state index contributed by atoms with van der Waals surface area (Å²) in [5.74, 6) is -0.401. The third kappa shape index (κ3) is 6.47. The highest BCUT2D eigenvalue weighted by Gasteiger charge is 2.21. The molecule has 2 aromatic rings. The van der Waals surface area contributed by atoms with E-state index < -0.39 is 0 Å². The first kappa shape index (κ1) is 22.1. The molecule has 0 bridgehead atoms. The monoisotopic (exact) mass is 448 g/mol. The Balaban J connectivity index is 1.29. The second-order valence-corrected chi connectivity index (χ2v) is 8.21. The minimum absolute atomic E-state index is 0.00103. The van der Waals surface area contributed by atoms with Gasteiger partial charge in [0.15, 0.2) is 0 Å². The average Bonchev–Trinajstić information content (AvgIpc) is 3.31. The molecule has 0 unspecified atom stereocenters. The number of hydrogen-bond acceptors (Lipinski definition) is 5. The number of nitrogens with one attached hydrogen (secondary N) is 2. The highest BCUT2D eigenvalue weighted by Crippen LogP contribution is 2.19. The van der Waals surface area contributed by atoms with Gasteiger partial charge in [-0.3, -0.25) is 14.4 Å². The van der Waals surface area contributed by atoms with Gasteiger partial charge in [0, 0.05) is 60.8 Å². The van der Waals surface area contributed by atoms with Gasteiger partial charge in [-0.05, 0) is 42.1 Å². The highest BCUT2D eigenvalue weighted by atomic mass is 35.5. The molecule has 0 aliphatic carbocycles. The van der Waals surface area contributed by atoms with Crippen LogP contribution < -0.4 is 15.5 Å². The minimum Gasteiger partial charge on any atom is -0.368 e. The van der Waals surface area contributed by atoms with Gasteiger partial charge in [-0.1, -0.05) is 11.6 Å². The second kappa shape index (κ2) is 11.0. The van der Waals surface area contributed by atoms with Crippen LogP contribution in [0.25, 0.3) is 0 Å². The Bertz CT molecular complexity index is 850. The van der Waals surface area contributed by atoms with Gasteiger partial charge in [0.25, 0.3) is 5.91 Å². The Hall–Kier alpha value is -2.58. The molecular formula is C21H25ClN4O3S. The number of carbonyl (C=O) groups excluding carboxylic acids is 3. The maximum atomic E-state index is 12.4. The lowest BCUT2D eigenvalue weighted by Crippen LogP contribution is -2.51. The quantitative estimate of drug-likeness (QED) is 0.607. The number of anilines is 1. The molecule has 2 N–H and O–H groups in total. The minimum atomic E-state index is -0.187. The zero-order chi connectivity index (χ0) is 21.3. The topological polar surface area (TPSA) is 81.8 Å². The van der Waals surface area contributed by atoms with Crippen molar-refractivity contribution in [2.75, 3.05) is 44.2 Å². The van der Waals surface area contributed by atoms with E-state index in [1.807, 2.05) is 29.6 Å². The molecule has 7 nitrogen and oxygen atoms in total. The highest BCUT2D eigenvalue weighted by molar-refractivity contribution is 7.08. The molecule has 1 aromatic carbocycles. The standard InChI is InChI=1S/C21H25ClN4O3S/c22-17-3-5-18(6-4-17)25-9-11-26(12-10-25)20(28)14-24-19(27)2-1-8-23-21(29)16-7-13-30-15-16/h3-7,13,15H,1-2,8-12,14H2,(H,23,29)(H,24,27). The molecule has 1 aromatic heterocycles. The number of thiophene rings is 1. The molecule has 1 aliphatic rings. The fourth-order valence-corrected chi connectivity index (χ4v) is 3.95. The molecule has 1 aliphatic heterocycles. The third-order valence-corrected chi connectivity index (χ3v) is 5.85. The Morgan fingerprint density at radius 2 is 1.73 bits per heavy atom. The molecule has 3 amide bonds. The van der Waals surface area contributed by atoms with E-state index in [9.17, 15) is 14.4 Å². The van der Waals surface area contributed by atoms with E-state index in [2.05, 4.69) is 15.5 Å². The first-order valence-corrected chi connectivity index (χ1v) is 11.2. The van der Waals surface area contributed by atoms with Gasteiger partial charge in [0.2, 0.25) is 11.8 Å². The molecule has 1 saturated heterocycles. The van der Waals surface area contributed by atoms with Crippen LogP contribution in [0.15, 0.2) is 41.1 Å². The third-order valence-electron chi connectivity index (χ3n) is 4.91. The summed E-state index contributed by atoms with van der Waals surface area (Å²) in [6.07, 6.45) is 0.789. The van der Waals surface area contributed by atoms with Crippen LogP contribution in [0.3, 0.4) is 0 Å². The van der Waals surface area contributed by atoms with Crippen LogP contribution in [0.2, 0.25) is 5.02 Å². The van der Waals surface area contributed by atoms with Gasteiger partial charge in [-0.15, -0.1) is 0 Å². The van der Waals surface area contributed by atoms with E-state index in [-0.39, 0.29) is 30.7 Å². The molecule has 2 heterocycles. The van der Waals surface area contributed by atoms with Crippen LogP contribution in [0.5, 0.6) is 0 Å². The second-order valence-electron chi connectivity index (χ2n) is 6.99. The Morgan fingerprint density at radius 3 is 2.40 bits per heavy atom. The summed E-state index contributed by atoms with van der Waals surface area (Å²) in [6.45, 7) is 3.14. The van der Waals surface area contributed by atoms with Gasteiger partial charge >= 0.3 is 0 Å². The van der Waals surface area contributed by atoms with Crippen molar-refractivity contribution in [1.82, 2.24) is 15.5 Å². The van der Waals surface area contributed by atoms with Gasteiger partial charge < -0.3 is 20.4 Å². The van der Waals surface area contributed by atoms with E-state index in [0.717, 1.165) is 18.8 Å². The van der Waals surface area contributed by atoms with Crippen LogP contribution in [0.1, 0.15) is 23.2 Å². The van der Waals surface area contributed by atoms with Crippen molar-refractivity contribution < 1.29 is 14.4 Å². The number of halogens is 1. The predicted octanol–water partition coefficient (Wildman–Crippen LogP) is 2.38. The van der Waals surface area contributed by atoms with E-state index in [4.69, 9.17) is 11.6 Å². The Morgan fingerprint density at radius 1 is 1.00 bits per heavy atom. The zero-order valence-corrected chi connectivity index (χ0v) is 18.2. The van der Waals surface area contributed by atoms with Crippen LogP contribution in [-0.2, 0) is 9.59 Å². The van der Waals surface area contributed by atoms with Crippen LogP contribution in [0.4, 0.5) is 5.69 Å². The maximum Gasteiger partial charge on any atom is 0.252 e. The summed E-state index contributed by atoms with van der Waals surface area (Å²) in [5.41, 5.74) is 1.72. The SMILES string of the molecule is O=C(CCCNC(=O)c1ccsc1)NCC(=O)N1CCN(c2ccc(Cl)cc2)CC1. The lowest BCUT2D eigenvalue weighted by molar-refractivity contribution is -0.133. The lowest BCUT2D eigenvalue weighted by Gasteiger charge is -2.36. The smallest absolute Gasteiger partial charge is 0.252 e. The number of rotatable bonds is 8. The van der Waals surface area contributed by atoms with E-state index in [0.29, 0.717) is 36.6 Å². The average molecular weight is 449 g/mol. The molecule has 0 saturated carbocycles. The molecule has 0 atom stereocenters. The molecule has 9 heteroatoms. The Kier molecular flexibility index (Phi) is 8.10. The van der Waals surface area contributed by atoms with Crippen molar-refractivity contribution in [3.05, 3.63) is 51.7 Å². The fourth-order valence-electron chi connectivity index (χ4n) is 3.19. The summed E-state index contributed by atoms with van der Waals surface area (Å²) < 4.78 is 0. The lowest BCUT2D eigenvalue weighted by atomic mass is 10.2. The van der Waals surface area contributed by atoms with Crippen molar-refractivity contribution in [2.24, 2.45) is 0 Å². The molecule has 160 valence electrons. The van der Waals surface area contributed by atoms with E-state index in [1.54, 1.807) is 16.3 Å². The maximum absolute atomic E-state index is 12.4. The van der Waals surface area contributed by atoms with Gasteiger partial charge in [-0.25, -0.2) is 0 Å². The van der Waals surface area contributed by atoms with Crippen LogP contribution >= 0.6 is 22.9 Å². The van der Waals surface area contributed by atoms with Crippen molar-refractivity contribution >= 4 is 46.3 Å². The number of amides is 3. The van der Waals surface area contributed by atoms with E-state index >= 15 is 0 Å². The molecule has 0 spiro atoms. The fraction of sp³-hybridized carbons (Fsp3) is 0.381. The molecular weight excluding hydrogens is 424 g/mol. The first-order chi connectivity index (χ1) is 14.5. The van der Waals surface area contributed by atoms with Crippen LogP contribution in [0, 0.1) is 0 Å². The summed E-state index contributed by atoms with van der Waals surface area (Å²) in [6, 6.07) is 9.42. The van der Waals surface area contributed by atoms with Crippen molar-refractivity contribution in [3.63, 3.8) is 0 Å². The van der Waals surface area contributed by atoms with E-state index in [1.165, 1.54) is 11.3 Å². The summed E-state index contributed by atoms with van der Waals surface area (Å²) in [5, 5.41) is 9.78.